The van der Waals surface area contributed by atoms with E-state index in [0.29, 0.717) is 0 Å². The normalized spacial score (nSPS) is 11.0. The van der Waals surface area contributed by atoms with Gasteiger partial charge in [-0.2, -0.15) is 4.40 Å². The van der Waals surface area contributed by atoms with Crippen molar-refractivity contribution in [2.45, 2.75) is 0 Å². The lowest BCUT2D eigenvalue weighted by molar-refractivity contribution is -0.510. The third-order valence-electron chi connectivity index (χ3n) is 2.55. The van der Waals surface area contributed by atoms with Crippen LogP contribution in [-0.2, 0) is 0 Å². The first kappa shape index (κ1) is 9.09. The summed E-state index contributed by atoms with van der Waals surface area (Å²) in [5, 5.41) is 2.58. The van der Waals surface area contributed by atoms with Crippen LogP contribution in [0.2, 0.25) is 0 Å². The highest BCUT2D eigenvalue weighted by molar-refractivity contribution is 14.1. The van der Waals surface area contributed by atoms with Crippen LogP contribution in [0.15, 0.2) is 54.9 Å². The van der Waals surface area contributed by atoms with Gasteiger partial charge in [0, 0.05) is 27.2 Å². The lowest BCUT2D eigenvalue weighted by Gasteiger charge is -1.97. The van der Waals surface area contributed by atoms with Crippen LogP contribution in [0.1, 0.15) is 0 Å². The molecule has 0 aliphatic rings. The molecule has 2 heterocycles. The zero-order valence-electron chi connectivity index (χ0n) is 8.02. The molecule has 1 nitrogen and oxygen atoms in total. The minimum absolute atomic E-state index is 1.23. The maximum atomic E-state index is 2.34. The first-order valence-corrected chi connectivity index (χ1v) is 5.90. The average Bonchev–Trinajstić information content (AvgIpc) is 2.26. The molecular weight excluding hydrogens is 297 g/mol. The van der Waals surface area contributed by atoms with Gasteiger partial charge in [-0.05, 0) is 52.2 Å². The zero-order valence-corrected chi connectivity index (χ0v) is 10.2. The molecule has 0 spiro atoms. The van der Waals surface area contributed by atoms with Crippen molar-refractivity contribution in [1.29, 1.82) is 0 Å². The number of pyridine rings is 2. The van der Waals surface area contributed by atoms with Crippen molar-refractivity contribution in [2.75, 3.05) is 0 Å². The minimum Gasteiger partial charge on any atom is -0.167 e. The Balaban J connectivity index is 2.47. The molecular formula is C13H9IN+. The van der Waals surface area contributed by atoms with Crippen LogP contribution in [0, 0.1) is 3.57 Å². The van der Waals surface area contributed by atoms with E-state index >= 15 is 0 Å². The van der Waals surface area contributed by atoms with E-state index in [2.05, 4.69) is 75.8 Å². The van der Waals surface area contributed by atoms with Crippen LogP contribution >= 0.6 is 22.6 Å². The van der Waals surface area contributed by atoms with E-state index in [0.717, 1.165) is 0 Å². The van der Waals surface area contributed by atoms with Crippen molar-refractivity contribution in [3.8, 4) is 0 Å². The molecule has 0 unspecified atom stereocenters. The molecule has 0 aliphatic heterocycles. The molecule has 0 fully saturated rings. The number of benzene rings is 1. The summed E-state index contributed by atoms with van der Waals surface area (Å²) in [4.78, 5) is 0. The van der Waals surface area contributed by atoms with Gasteiger partial charge in [-0.15, -0.1) is 0 Å². The smallest absolute Gasteiger partial charge is 0.167 e. The number of nitrogens with zero attached hydrogens (tertiary/aromatic N) is 1. The summed E-state index contributed by atoms with van der Waals surface area (Å²) >= 11 is 2.34. The maximum absolute atomic E-state index is 2.34. The van der Waals surface area contributed by atoms with E-state index in [9.17, 15) is 0 Å². The van der Waals surface area contributed by atoms with E-state index < -0.39 is 0 Å². The van der Waals surface area contributed by atoms with Crippen LogP contribution in [-0.4, -0.2) is 0 Å². The highest BCUT2D eigenvalue weighted by Crippen LogP contribution is 2.16. The van der Waals surface area contributed by atoms with E-state index in [-0.39, 0.29) is 0 Å². The Hall–Kier alpha value is -1.16. The Morgan fingerprint density at radius 3 is 2.80 bits per heavy atom. The highest BCUT2D eigenvalue weighted by Gasteiger charge is 2.03. The largest absolute Gasteiger partial charge is 0.211 e. The number of halogens is 1. The van der Waals surface area contributed by atoms with Gasteiger partial charge < -0.3 is 0 Å². The van der Waals surface area contributed by atoms with Gasteiger partial charge in [-0.3, -0.25) is 0 Å². The molecule has 3 rings (SSSR count). The molecule has 0 bridgehead atoms. The predicted molar refractivity (Wildman–Crippen MR) is 69.8 cm³/mol. The summed E-state index contributed by atoms with van der Waals surface area (Å²) in [7, 11) is 0. The van der Waals surface area contributed by atoms with Crippen molar-refractivity contribution in [2.24, 2.45) is 0 Å². The molecule has 0 radical (unpaired) electrons. The standard InChI is InChI=1S/C13H9IN/c14-12-5-4-10-9-15-6-2-1-3-13(15)8-11(10)7-12/h1-9H/q+1. The molecule has 72 valence electrons. The fraction of sp³-hybridized carbons (Fsp3) is 0. The number of rotatable bonds is 0. The van der Waals surface area contributed by atoms with Crippen molar-refractivity contribution in [3.63, 3.8) is 0 Å². The molecule has 3 aromatic rings. The number of hydrogen-bond donors (Lipinski definition) is 0. The number of aromatic nitrogens is 1. The molecule has 2 heteroatoms. The fourth-order valence-corrected chi connectivity index (χ4v) is 2.32. The molecule has 0 atom stereocenters. The maximum Gasteiger partial charge on any atom is 0.211 e. The summed E-state index contributed by atoms with van der Waals surface area (Å²) in [6, 6.07) is 15.0. The van der Waals surface area contributed by atoms with Gasteiger partial charge in [-0.25, -0.2) is 0 Å². The fourth-order valence-electron chi connectivity index (χ4n) is 1.81. The third-order valence-corrected chi connectivity index (χ3v) is 3.22. The third kappa shape index (κ3) is 1.59. The van der Waals surface area contributed by atoms with Gasteiger partial charge in [0.1, 0.15) is 0 Å². The van der Waals surface area contributed by atoms with E-state index in [1.165, 1.54) is 19.9 Å². The van der Waals surface area contributed by atoms with E-state index in [4.69, 9.17) is 0 Å². The Morgan fingerprint density at radius 2 is 1.87 bits per heavy atom. The van der Waals surface area contributed by atoms with Gasteiger partial charge in [0.2, 0.25) is 5.52 Å². The molecule has 0 saturated carbocycles. The number of fused-ring (bicyclic) bond motifs is 2. The van der Waals surface area contributed by atoms with Crippen LogP contribution in [0.5, 0.6) is 0 Å². The molecule has 15 heavy (non-hydrogen) atoms. The van der Waals surface area contributed by atoms with E-state index in [1.54, 1.807) is 0 Å². The molecule has 2 aromatic heterocycles. The quantitative estimate of drug-likeness (QED) is 0.341. The summed E-state index contributed by atoms with van der Waals surface area (Å²) < 4.78 is 3.43. The Bertz CT molecular complexity index is 646. The first-order valence-electron chi connectivity index (χ1n) is 4.82. The van der Waals surface area contributed by atoms with Gasteiger partial charge in [-0.1, -0.05) is 0 Å². The lowest BCUT2D eigenvalue weighted by atomic mass is 10.1. The molecule has 1 aromatic carbocycles. The van der Waals surface area contributed by atoms with Gasteiger partial charge in [0.25, 0.3) is 0 Å². The zero-order chi connectivity index (χ0) is 10.3. The van der Waals surface area contributed by atoms with Crippen LogP contribution in [0.3, 0.4) is 0 Å². The number of hydrogen-bond acceptors (Lipinski definition) is 0. The highest BCUT2D eigenvalue weighted by atomic mass is 127. The van der Waals surface area contributed by atoms with Crippen molar-refractivity contribution >= 4 is 38.9 Å². The second-order valence-corrected chi connectivity index (χ2v) is 4.83. The molecule has 0 amide bonds. The Kier molecular flexibility index (Phi) is 2.09. The monoisotopic (exact) mass is 306 g/mol. The summed E-state index contributed by atoms with van der Waals surface area (Å²) in [6.45, 7) is 0. The molecule has 0 aliphatic carbocycles. The second kappa shape index (κ2) is 3.45. The van der Waals surface area contributed by atoms with Gasteiger partial charge >= 0.3 is 0 Å². The van der Waals surface area contributed by atoms with Crippen LogP contribution in [0.25, 0.3) is 16.3 Å². The predicted octanol–water partition coefficient (Wildman–Crippen LogP) is 3.18. The van der Waals surface area contributed by atoms with Gasteiger partial charge in [0.05, 0.1) is 0 Å². The Morgan fingerprint density at radius 1 is 0.933 bits per heavy atom. The van der Waals surface area contributed by atoms with Gasteiger partial charge in [0.15, 0.2) is 12.4 Å². The molecule has 0 N–H and O–H groups in total. The van der Waals surface area contributed by atoms with Crippen molar-refractivity contribution in [3.05, 3.63) is 58.4 Å². The summed E-state index contributed by atoms with van der Waals surface area (Å²) in [5.74, 6) is 0. The minimum atomic E-state index is 1.23. The van der Waals surface area contributed by atoms with Crippen LogP contribution < -0.4 is 4.40 Å². The average molecular weight is 306 g/mol. The van der Waals surface area contributed by atoms with E-state index in [1.807, 2.05) is 6.07 Å². The summed E-state index contributed by atoms with van der Waals surface area (Å²) in [6.07, 6.45) is 4.24. The van der Waals surface area contributed by atoms with Crippen molar-refractivity contribution in [1.82, 2.24) is 0 Å². The molecule has 0 saturated heterocycles. The first-order chi connectivity index (χ1) is 7.33. The Labute approximate surface area is 102 Å². The second-order valence-electron chi connectivity index (χ2n) is 3.58. The SMILES string of the molecule is Ic1ccc2c[n+]3ccccc3cc2c1. The lowest BCUT2D eigenvalue weighted by Crippen LogP contribution is -2.19. The topological polar surface area (TPSA) is 4.10 Å². The summed E-state index contributed by atoms with van der Waals surface area (Å²) in [5.41, 5.74) is 1.23. The van der Waals surface area contributed by atoms with Crippen molar-refractivity contribution < 1.29 is 4.40 Å². The van der Waals surface area contributed by atoms with Crippen LogP contribution in [0.4, 0.5) is 0 Å².